The Morgan fingerprint density at radius 1 is 1.21 bits per heavy atom. The van der Waals surface area contributed by atoms with Crippen LogP contribution in [0.3, 0.4) is 0 Å². The minimum atomic E-state index is -0.276. The van der Waals surface area contributed by atoms with Crippen molar-refractivity contribution in [3.63, 3.8) is 0 Å². The number of benzene rings is 1. The van der Waals surface area contributed by atoms with E-state index in [1.807, 2.05) is 13.8 Å². The molecule has 1 aliphatic rings. The Hall–Kier alpha value is -2.69. The molecule has 0 saturated heterocycles. The second-order valence-electron chi connectivity index (χ2n) is 6.13. The summed E-state index contributed by atoms with van der Waals surface area (Å²) in [7, 11) is 0. The fraction of sp³-hybridized carbons (Fsp3) is 0.316. The molecule has 0 heterocycles. The lowest BCUT2D eigenvalue weighted by Gasteiger charge is -2.22. The van der Waals surface area contributed by atoms with Crippen LogP contribution in [-0.2, 0) is 4.79 Å². The largest absolute Gasteiger partial charge is 0.326 e. The number of carbonyl (C=O) groups is 2. The van der Waals surface area contributed by atoms with Crippen molar-refractivity contribution in [3.8, 4) is 0 Å². The van der Waals surface area contributed by atoms with Crippen molar-refractivity contribution in [1.29, 1.82) is 0 Å². The Balaban J connectivity index is 2.03. The van der Waals surface area contributed by atoms with Gasteiger partial charge in [0.1, 0.15) is 0 Å². The molecule has 1 aromatic rings. The first kappa shape index (κ1) is 17.7. The highest BCUT2D eigenvalue weighted by molar-refractivity contribution is 6.02. The summed E-state index contributed by atoms with van der Waals surface area (Å²) in [6.07, 6.45) is 3.90. The predicted molar refractivity (Wildman–Crippen MR) is 96.9 cm³/mol. The molecule has 0 spiro atoms. The molecule has 126 valence electrons. The number of hydrogen-bond acceptors (Lipinski definition) is 3. The van der Waals surface area contributed by atoms with E-state index in [-0.39, 0.29) is 11.8 Å². The van der Waals surface area contributed by atoms with Gasteiger partial charge in [-0.3, -0.25) is 9.59 Å². The zero-order valence-electron chi connectivity index (χ0n) is 14.3. The number of allylic oxidation sites excluding steroid dienone is 3. The minimum absolute atomic E-state index is 0.148. The number of anilines is 1. The van der Waals surface area contributed by atoms with Gasteiger partial charge in [-0.1, -0.05) is 18.2 Å². The molecule has 0 radical (unpaired) electrons. The molecule has 0 aromatic heterocycles. The van der Waals surface area contributed by atoms with Gasteiger partial charge < -0.3 is 5.32 Å². The average molecular weight is 325 g/mol. The fourth-order valence-corrected chi connectivity index (χ4v) is 2.51. The molecule has 1 aliphatic carbocycles. The number of carbonyl (C=O) groups excluding carboxylic acids is 2. The van der Waals surface area contributed by atoms with E-state index in [1.165, 1.54) is 6.92 Å². The van der Waals surface area contributed by atoms with Crippen LogP contribution in [0.5, 0.6) is 0 Å². The van der Waals surface area contributed by atoms with Crippen LogP contribution in [0.1, 0.15) is 44.0 Å². The molecule has 2 N–H and O–H groups in total. The van der Waals surface area contributed by atoms with E-state index in [9.17, 15) is 9.59 Å². The van der Waals surface area contributed by atoms with Crippen LogP contribution in [0, 0.1) is 5.92 Å². The average Bonchev–Trinajstić information content (AvgIpc) is 2.53. The molecule has 24 heavy (non-hydrogen) atoms. The summed E-state index contributed by atoms with van der Waals surface area (Å²) in [5, 5.41) is 6.94. The maximum absolute atomic E-state index is 12.2. The van der Waals surface area contributed by atoms with Crippen LogP contribution in [0.15, 0.2) is 53.2 Å². The van der Waals surface area contributed by atoms with Gasteiger partial charge in [-0.2, -0.15) is 5.10 Å². The van der Waals surface area contributed by atoms with E-state index in [2.05, 4.69) is 28.5 Å². The van der Waals surface area contributed by atoms with Crippen LogP contribution < -0.4 is 10.7 Å². The first-order chi connectivity index (χ1) is 11.4. The van der Waals surface area contributed by atoms with E-state index < -0.39 is 0 Å². The molecule has 1 aromatic carbocycles. The van der Waals surface area contributed by atoms with E-state index >= 15 is 0 Å². The predicted octanol–water partition coefficient (Wildman–Crippen LogP) is 3.66. The number of nitrogens with zero attached hydrogens (tertiary/aromatic N) is 1. The topological polar surface area (TPSA) is 70.6 Å². The lowest BCUT2D eigenvalue weighted by molar-refractivity contribution is -0.114. The summed E-state index contributed by atoms with van der Waals surface area (Å²) < 4.78 is 0. The van der Waals surface area contributed by atoms with Gasteiger partial charge in [0.05, 0.1) is 5.71 Å². The molecular weight excluding hydrogens is 302 g/mol. The second kappa shape index (κ2) is 7.73. The van der Waals surface area contributed by atoms with Crippen molar-refractivity contribution in [2.75, 3.05) is 5.32 Å². The van der Waals surface area contributed by atoms with Crippen molar-refractivity contribution in [2.45, 2.75) is 33.6 Å². The number of hydrazone groups is 1. The van der Waals surface area contributed by atoms with Gasteiger partial charge in [0, 0.05) is 18.2 Å². The third kappa shape index (κ3) is 4.65. The highest BCUT2D eigenvalue weighted by Crippen LogP contribution is 2.26. The van der Waals surface area contributed by atoms with Crippen LogP contribution in [0.2, 0.25) is 0 Å². The van der Waals surface area contributed by atoms with Gasteiger partial charge in [-0.25, -0.2) is 5.43 Å². The number of hydrogen-bond donors (Lipinski definition) is 2. The molecule has 0 aliphatic heterocycles. The highest BCUT2D eigenvalue weighted by Gasteiger charge is 2.18. The number of nitrogens with one attached hydrogen (secondary N) is 2. The normalized spacial score (nSPS) is 18.7. The minimum Gasteiger partial charge on any atom is -0.326 e. The maximum atomic E-state index is 12.2. The Labute approximate surface area is 142 Å². The van der Waals surface area contributed by atoms with Gasteiger partial charge >= 0.3 is 0 Å². The van der Waals surface area contributed by atoms with Gasteiger partial charge in [-0.05, 0) is 62.4 Å². The molecule has 0 bridgehead atoms. The van der Waals surface area contributed by atoms with E-state index in [0.29, 0.717) is 17.2 Å². The standard InChI is InChI=1S/C19H23N3O2/c1-12(2)16-6-5-13(3)18(11-16)21-22-19(24)15-7-9-17(10-8-15)20-14(4)23/h5,7-10,16H,1,6,11H2,2-4H3,(H,20,23)(H,22,24)/t16-/m0/s1. The van der Waals surface area contributed by atoms with Crippen molar-refractivity contribution >= 4 is 23.2 Å². The van der Waals surface area contributed by atoms with Gasteiger partial charge in [-0.15, -0.1) is 0 Å². The first-order valence-corrected chi connectivity index (χ1v) is 7.94. The quantitative estimate of drug-likeness (QED) is 0.655. The van der Waals surface area contributed by atoms with E-state index in [0.717, 1.165) is 29.7 Å². The molecule has 5 nitrogen and oxygen atoms in total. The maximum Gasteiger partial charge on any atom is 0.271 e. The van der Waals surface area contributed by atoms with Crippen LogP contribution in [0.25, 0.3) is 0 Å². The number of amides is 2. The molecular formula is C19H23N3O2. The fourth-order valence-electron chi connectivity index (χ4n) is 2.51. The van der Waals surface area contributed by atoms with Gasteiger partial charge in [0.25, 0.3) is 5.91 Å². The lowest BCUT2D eigenvalue weighted by Crippen LogP contribution is -2.23. The van der Waals surface area contributed by atoms with Gasteiger partial charge in [0.2, 0.25) is 5.91 Å². The smallest absolute Gasteiger partial charge is 0.271 e. The van der Waals surface area contributed by atoms with Crippen LogP contribution in [-0.4, -0.2) is 17.5 Å². The molecule has 2 rings (SSSR count). The second-order valence-corrected chi connectivity index (χ2v) is 6.13. The first-order valence-electron chi connectivity index (χ1n) is 7.94. The zero-order chi connectivity index (χ0) is 17.7. The Kier molecular flexibility index (Phi) is 5.68. The van der Waals surface area contributed by atoms with Crippen molar-refractivity contribution in [3.05, 3.63) is 53.6 Å². The summed E-state index contributed by atoms with van der Waals surface area (Å²) in [5.41, 5.74) is 6.86. The van der Waals surface area contributed by atoms with Crippen LogP contribution >= 0.6 is 0 Å². The Morgan fingerprint density at radius 2 is 1.88 bits per heavy atom. The van der Waals surface area contributed by atoms with Crippen molar-refractivity contribution < 1.29 is 9.59 Å². The summed E-state index contributed by atoms with van der Waals surface area (Å²) in [6, 6.07) is 6.68. The third-order valence-corrected chi connectivity index (χ3v) is 4.06. The van der Waals surface area contributed by atoms with Gasteiger partial charge in [0.15, 0.2) is 0 Å². The Morgan fingerprint density at radius 3 is 2.46 bits per heavy atom. The number of rotatable bonds is 4. The lowest BCUT2D eigenvalue weighted by atomic mass is 9.85. The van der Waals surface area contributed by atoms with Crippen LogP contribution in [0.4, 0.5) is 5.69 Å². The highest BCUT2D eigenvalue weighted by atomic mass is 16.2. The molecule has 2 amide bonds. The third-order valence-electron chi connectivity index (χ3n) is 4.06. The summed E-state index contributed by atoms with van der Waals surface area (Å²) in [6.45, 7) is 9.47. The molecule has 0 fully saturated rings. The van der Waals surface area contributed by atoms with Crippen molar-refractivity contribution in [2.24, 2.45) is 11.0 Å². The van der Waals surface area contributed by atoms with Crippen molar-refractivity contribution in [1.82, 2.24) is 5.43 Å². The monoisotopic (exact) mass is 325 g/mol. The van der Waals surface area contributed by atoms with E-state index in [4.69, 9.17) is 0 Å². The molecule has 5 heteroatoms. The molecule has 0 unspecified atom stereocenters. The SMILES string of the molecule is C=C(C)[C@H]1CC=C(C)C(=NNC(=O)c2ccc(NC(C)=O)cc2)C1. The Bertz CT molecular complexity index is 715. The molecule has 0 saturated carbocycles. The summed E-state index contributed by atoms with van der Waals surface area (Å²) in [5.74, 6) is -0.0476. The summed E-state index contributed by atoms with van der Waals surface area (Å²) >= 11 is 0. The van der Waals surface area contributed by atoms with E-state index in [1.54, 1.807) is 24.3 Å². The summed E-state index contributed by atoms with van der Waals surface area (Å²) in [4.78, 5) is 23.2. The molecule has 1 atom stereocenters. The zero-order valence-corrected chi connectivity index (χ0v) is 14.3.